The Bertz CT molecular complexity index is 415. The Morgan fingerprint density at radius 1 is 1.42 bits per heavy atom. The molecule has 0 aliphatic rings. The molecule has 1 aromatic rings. The van der Waals surface area contributed by atoms with Crippen molar-refractivity contribution in [2.75, 3.05) is 25.1 Å². The summed E-state index contributed by atoms with van der Waals surface area (Å²) in [6.45, 7) is 4.04. The fraction of sp³-hybridized carbons (Fsp3) is 0.583. The molecule has 0 saturated carbocycles. The van der Waals surface area contributed by atoms with E-state index in [2.05, 4.69) is 17.2 Å². The molecule has 0 aliphatic heterocycles. The average Bonchev–Trinajstić information content (AvgIpc) is 2.37. The average molecular weight is 288 g/mol. The maximum atomic E-state index is 10.8. The van der Waals surface area contributed by atoms with Crippen molar-refractivity contribution in [3.8, 4) is 0 Å². The maximum absolute atomic E-state index is 10.8. The zero-order chi connectivity index (χ0) is 14.1. The van der Waals surface area contributed by atoms with Gasteiger partial charge in [0.1, 0.15) is 5.15 Å². The monoisotopic (exact) mass is 287 g/mol. The second kappa shape index (κ2) is 8.66. The summed E-state index contributed by atoms with van der Waals surface area (Å²) in [7, 11) is 0. The summed E-state index contributed by atoms with van der Waals surface area (Å²) in [5.41, 5.74) is -0.0729. The second-order valence-corrected chi connectivity index (χ2v) is 4.39. The number of ether oxygens (including phenoxy) is 1. The van der Waals surface area contributed by atoms with Gasteiger partial charge in [-0.05, 0) is 18.9 Å². The fourth-order valence-electron chi connectivity index (χ4n) is 1.43. The minimum absolute atomic E-state index is 0.0729. The van der Waals surface area contributed by atoms with Crippen molar-refractivity contribution >= 4 is 23.1 Å². The van der Waals surface area contributed by atoms with Gasteiger partial charge >= 0.3 is 5.69 Å². The number of nitrogens with zero attached hydrogens (tertiary/aromatic N) is 2. The Balaban J connectivity index is 2.36. The van der Waals surface area contributed by atoms with Crippen molar-refractivity contribution in [1.82, 2.24) is 4.98 Å². The Morgan fingerprint density at radius 3 is 2.84 bits per heavy atom. The van der Waals surface area contributed by atoms with Crippen molar-refractivity contribution in [3.05, 3.63) is 27.4 Å². The Kier molecular flexibility index (Phi) is 7.14. The summed E-state index contributed by atoms with van der Waals surface area (Å²) >= 11 is 5.72. The normalized spacial score (nSPS) is 10.4. The van der Waals surface area contributed by atoms with E-state index in [1.807, 2.05) is 0 Å². The van der Waals surface area contributed by atoms with Crippen LogP contribution in [0.1, 0.15) is 26.2 Å². The second-order valence-electron chi connectivity index (χ2n) is 4.01. The molecule has 6 nitrogen and oxygen atoms in total. The van der Waals surface area contributed by atoms with Gasteiger partial charge in [-0.25, -0.2) is 4.98 Å². The number of aromatic nitrogens is 1. The van der Waals surface area contributed by atoms with Crippen LogP contribution in [-0.2, 0) is 4.74 Å². The molecule has 1 rings (SSSR count). The topological polar surface area (TPSA) is 77.3 Å². The molecule has 0 spiro atoms. The molecule has 0 aromatic carbocycles. The van der Waals surface area contributed by atoms with E-state index in [-0.39, 0.29) is 16.7 Å². The Morgan fingerprint density at radius 2 is 2.16 bits per heavy atom. The molecular formula is C12H18ClN3O3. The summed E-state index contributed by atoms with van der Waals surface area (Å²) in [5.74, 6) is 0.200. The minimum atomic E-state index is -0.483. The number of nitro groups is 1. The zero-order valence-corrected chi connectivity index (χ0v) is 11.7. The molecule has 0 bridgehead atoms. The first-order valence-electron chi connectivity index (χ1n) is 6.27. The van der Waals surface area contributed by atoms with Crippen molar-refractivity contribution in [1.29, 1.82) is 0 Å². The van der Waals surface area contributed by atoms with Crippen molar-refractivity contribution in [2.45, 2.75) is 26.2 Å². The largest absolute Gasteiger partial charge is 0.381 e. The van der Waals surface area contributed by atoms with Crippen LogP contribution < -0.4 is 5.32 Å². The van der Waals surface area contributed by atoms with E-state index in [1.165, 1.54) is 12.1 Å². The summed E-state index contributed by atoms with van der Waals surface area (Å²) in [5, 5.41) is 13.9. The highest BCUT2D eigenvalue weighted by molar-refractivity contribution is 6.29. The van der Waals surface area contributed by atoms with Crippen molar-refractivity contribution in [2.24, 2.45) is 0 Å². The molecule has 19 heavy (non-hydrogen) atoms. The highest BCUT2D eigenvalue weighted by Crippen LogP contribution is 2.23. The maximum Gasteiger partial charge on any atom is 0.311 e. The highest BCUT2D eigenvalue weighted by Gasteiger charge is 2.14. The Labute approximate surface area is 117 Å². The molecule has 0 fully saturated rings. The van der Waals surface area contributed by atoms with Gasteiger partial charge in [0.2, 0.25) is 5.82 Å². The first-order chi connectivity index (χ1) is 9.15. The number of unbranched alkanes of at least 4 members (excludes halogenated alkanes) is 1. The van der Waals surface area contributed by atoms with Crippen LogP contribution >= 0.6 is 11.6 Å². The lowest BCUT2D eigenvalue weighted by atomic mass is 10.3. The molecule has 1 heterocycles. The van der Waals surface area contributed by atoms with E-state index in [0.717, 1.165) is 25.9 Å². The number of hydrogen-bond donors (Lipinski definition) is 1. The van der Waals surface area contributed by atoms with Crippen LogP contribution in [0.25, 0.3) is 0 Å². The molecule has 0 atom stereocenters. The zero-order valence-electron chi connectivity index (χ0n) is 10.9. The van der Waals surface area contributed by atoms with E-state index >= 15 is 0 Å². The van der Waals surface area contributed by atoms with E-state index in [4.69, 9.17) is 16.3 Å². The number of anilines is 1. The van der Waals surface area contributed by atoms with Gasteiger partial charge < -0.3 is 10.1 Å². The first kappa shape index (κ1) is 15.7. The van der Waals surface area contributed by atoms with Crippen LogP contribution in [0.2, 0.25) is 5.15 Å². The standard InChI is InChI=1S/C12H18ClN3O3/c1-2-3-8-19-9-4-7-14-12-10(16(17)18)5-6-11(13)15-12/h5-6H,2-4,7-9H2,1H3,(H,14,15). The summed E-state index contributed by atoms with van der Waals surface area (Å²) in [6, 6.07) is 2.74. The smallest absolute Gasteiger partial charge is 0.311 e. The Hall–Kier alpha value is -1.40. The quantitative estimate of drug-likeness (QED) is 0.326. The lowest BCUT2D eigenvalue weighted by Gasteiger charge is -2.07. The van der Waals surface area contributed by atoms with Crippen LogP contribution in [0.3, 0.4) is 0 Å². The molecule has 7 heteroatoms. The van der Waals surface area contributed by atoms with Crippen LogP contribution in [0.5, 0.6) is 0 Å². The van der Waals surface area contributed by atoms with Gasteiger partial charge in [0.05, 0.1) is 4.92 Å². The fourth-order valence-corrected chi connectivity index (χ4v) is 1.58. The minimum Gasteiger partial charge on any atom is -0.381 e. The number of nitrogens with one attached hydrogen (secondary N) is 1. The van der Waals surface area contributed by atoms with Crippen molar-refractivity contribution in [3.63, 3.8) is 0 Å². The molecule has 0 radical (unpaired) electrons. The summed E-state index contributed by atoms with van der Waals surface area (Å²) in [4.78, 5) is 14.2. The predicted octanol–water partition coefficient (Wildman–Crippen LogP) is 3.26. The number of pyridine rings is 1. The molecule has 1 aromatic heterocycles. The van der Waals surface area contributed by atoms with E-state index in [9.17, 15) is 10.1 Å². The van der Waals surface area contributed by atoms with Crippen LogP contribution in [0.15, 0.2) is 12.1 Å². The summed E-state index contributed by atoms with van der Waals surface area (Å²) < 4.78 is 5.39. The molecule has 1 N–H and O–H groups in total. The van der Waals surface area contributed by atoms with Gasteiger partial charge in [-0.3, -0.25) is 10.1 Å². The molecule has 0 aliphatic carbocycles. The third-order valence-corrected chi connectivity index (χ3v) is 2.65. The predicted molar refractivity (Wildman–Crippen MR) is 74.7 cm³/mol. The molecule has 0 amide bonds. The molecular weight excluding hydrogens is 270 g/mol. The van der Waals surface area contributed by atoms with Gasteiger partial charge in [-0.2, -0.15) is 0 Å². The van der Waals surface area contributed by atoms with Gasteiger partial charge in [0.25, 0.3) is 0 Å². The van der Waals surface area contributed by atoms with Gasteiger partial charge in [-0.1, -0.05) is 24.9 Å². The number of hydrogen-bond acceptors (Lipinski definition) is 5. The SMILES string of the molecule is CCCCOCCCNc1nc(Cl)ccc1[N+](=O)[O-]. The van der Waals surface area contributed by atoms with Crippen LogP contribution in [0, 0.1) is 10.1 Å². The first-order valence-corrected chi connectivity index (χ1v) is 6.65. The summed E-state index contributed by atoms with van der Waals surface area (Å²) in [6.07, 6.45) is 2.92. The van der Waals surface area contributed by atoms with Crippen LogP contribution in [-0.4, -0.2) is 29.7 Å². The lowest BCUT2D eigenvalue weighted by Crippen LogP contribution is -2.09. The van der Waals surface area contributed by atoms with Gasteiger partial charge in [0, 0.05) is 25.8 Å². The third kappa shape index (κ3) is 5.85. The van der Waals surface area contributed by atoms with Crippen LogP contribution in [0.4, 0.5) is 11.5 Å². The van der Waals surface area contributed by atoms with Crippen molar-refractivity contribution < 1.29 is 9.66 Å². The highest BCUT2D eigenvalue weighted by atomic mass is 35.5. The molecule has 0 saturated heterocycles. The van der Waals surface area contributed by atoms with E-state index < -0.39 is 4.92 Å². The number of rotatable bonds is 9. The lowest BCUT2D eigenvalue weighted by molar-refractivity contribution is -0.384. The van der Waals surface area contributed by atoms with E-state index in [1.54, 1.807) is 0 Å². The van der Waals surface area contributed by atoms with Gasteiger partial charge in [-0.15, -0.1) is 0 Å². The molecule has 106 valence electrons. The molecule has 0 unspecified atom stereocenters. The van der Waals surface area contributed by atoms with E-state index in [0.29, 0.717) is 13.2 Å². The van der Waals surface area contributed by atoms with Gasteiger partial charge in [0.15, 0.2) is 0 Å². The third-order valence-electron chi connectivity index (χ3n) is 2.44. The number of halogens is 1.